The highest BCUT2D eigenvalue weighted by atomic mass is 32.1. The van der Waals surface area contributed by atoms with Gasteiger partial charge in [0.25, 0.3) is 5.91 Å². The van der Waals surface area contributed by atoms with Crippen molar-refractivity contribution in [1.82, 2.24) is 14.7 Å². The van der Waals surface area contributed by atoms with Gasteiger partial charge in [-0.25, -0.2) is 0 Å². The van der Waals surface area contributed by atoms with Gasteiger partial charge in [0, 0.05) is 42.7 Å². The van der Waals surface area contributed by atoms with Crippen LogP contribution in [0.4, 0.5) is 0 Å². The first-order valence-corrected chi connectivity index (χ1v) is 13.9. The topological polar surface area (TPSA) is 43.9 Å². The molecular weight excluding hydrogens is 466 g/mol. The molecule has 36 heavy (non-hydrogen) atoms. The fraction of sp³-hybridized carbons (Fsp3) is 0.400. The van der Waals surface area contributed by atoms with E-state index in [0.29, 0.717) is 26.2 Å². The number of carbonyl (C=O) groups is 2. The minimum absolute atomic E-state index is 0.0150. The van der Waals surface area contributed by atoms with Crippen molar-refractivity contribution >= 4 is 23.2 Å². The Hall–Kier alpha value is -2.96. The summed E-state index contributed by atoms with van der Waals surface area (Å²) in [6.07, 6.45) is 1.94. The molecule has 0 bridgehead atoms. The third kappa shape index (κ3) is 4.97. The van der Waals surface area contributed by atoms with E-state index in [1.54, 1.807) is 0 Å². The molecule has 188 valence electrons. The van der Waals surface area contributed by atoms with Crippen molar-refractivity contribution in [1.29, 1.82) is 0 Å². The van der Waals surface area contributed by atoms with Crippen LogP contribution >= 0.6 is 11.3 Å². The first kappa shape index (κ1) is 24.7. The third-order valence-electron chi connectivity index (χ3n) is 7.65. The van der Waals surface area contributed by atoms with Crippen LogP contribution in [0.2, 0.25) is 0 Å². The number of hydrogen-bond acceptors (Lipinski definition) is 4. The number of fused-ring (bicyclic) bond motifs is 1. The lowest BCUT2D eigenvalue weighted by Gasteiger charge is -2.42. The lowest BCUT2D eigenvalue weighted by atomic mass is 9.92. The number of aryl methyl sites for hydroxylation is 2. The van der Waals surface area contributed by atoms with E-state index in [2.05, 4.69) is 54.5 Å². The molecule has 0 aliphatic carbocycles. The average molecular weight is 502 g/mol. The summed E-state index contributed by atoms with van der Waals surface area (Å²) in [4.78, 5) is 34.3. The average Bonchev–Trinajstić information content (AvgIpc) is 3.38. The molecule has 1 saturated heterocycles. The van der Waals surface area contributed by atoms with E-state index in [-0.39, 0.29) is 23.9 Å². The molecule has 1 aromatic heterocycles. The molecule has 5 nitrogen and oxygen atoms in total. The molecular formula is C30H35N3O2S. The van der Waals surface area contributed by atoms with Crippen molar-refractivity contribution in [3.8, 4) is 0 Å². The van der Waals surface area contributed by atoms with Crippen LogP contribution in [0, 0.1) is 6.92 Å². The lowest BCUT2D eigenvalue weighted by Crippen LogP contribution is -2.57. The van der Waals surface area contributed by atoms with Crippen molar-refractivity contribution in [2.45, 2.75) is 45.7 Å². The molecule has 3 aromatic rings. The van der Waals surface area contributed by atoms with Crippen LogP contribution in [0.25, 0.3) is 0 Å². The number of benzene rings is 2. The molecule has 2 aliphatic rings. The molecule has 0 saturated carbocycles. The van der Waals surface area contributed by atoms with Crippen LogP contribution in [-0.4, -0.2) is 65.3 Å². The Balaban J connectivity index is 1.26. The minimum atomic E-state index is -0.0150. The molecule has 0 spiro atoms. The van der Waals surface area contributed by atoms with Gasteiger partial charge in [0.15, 0.2) is 0 Å². The molecule has 5 rings (SSSR count). The Morgan fingerprint density at radius 2 is 1.72 bits per heavy atom. The number of nitrogens with zero attached hydrogens (tertiary/aromatic N) is 3. The number of thiophene rings is 1. The van der Waals surface area contributed by atoms with Gasteiger partial charge < -0.3 is 9.80 Å². The van der Waals surface area contributed by atoms with Crippen molar-refractivity contribution in [3.05, 3.63) is 92.7 Å². The summed E-state index contributed by atoms with van der Waals surface area (Å²) < 4.78 is 0. The van der Waals surface area contributed by atoms with Crippen molar-refractivity contribution in [2.24, 2.45) is 0 Å². The smallest absolute Gasteiger partial charge is 0.254 e. The number of carbonyl (C=O) groups excluding carboxylic acids is 2. The molecule has 2 amide bonds. The molecule has 0 unspecified atom stereocenters. The van der Waals surface area contributed by atoms with Gasteiger partial charge in [0.2, 0.25) is 5.91 Å². The Kier molecular flexibility index (Phi) is 7.26. The Morgan fingerprint density at radius 1 is 0.972 bits per heavy atom. The second-order valence-corrected chi connectivity index (χ2v) is 11.1. The predicted molar refractivity (Wildman–Crippen MR) is 146 cm³/mol. The second kappa shape index (κ2) is 10.6. The van der Waals surface area contributed by atoms with E-state index in [4.69, 9.17) is 0 Å². The SMILES string of the molecule is CCc1ccc(C(=O)N2CCN(C(=O)CN3CCc4sccc4[C@@H]3c3ccc(C)cc3)C[C@H]2C)cc1. The molecule has 2 aliphatic heterocycles. The van der Waals surface area contributed by atoms with Gasteiger partial charge in [0.1, 0.15) is 0 Å². The highest BCUT2D eigenvalue weighted by molar-refractivity contribution is 7.10. The Morgan fingerprint density at radius 3 is 2.42 bits per heavy atom. The molecule has 0 N–H and O–H groups in total. The Labute approximate surface area is 218 Å². The lowest BCUT2D eigenvalue weighted by molar-refractivity contribution is -0.135. The number of hydrogen-bond donors (Lipinski definition) is 0. The summed E-state index contributed by atoms with van der Waals surface area (Å²) >= 11 is 1.82. The third-order valence-corrected chi connectivity index (χ3v) is 8.64. The normalized spacial score (nSPS) is 20.3. The highest BCUT2D eigenvalue weighted by Gasteiger charge is 2.34. The van der Waals surface area contributed by atoms with E-state index in [0.717, 1.165) is 24.9 Å². The largest absolute Gasteiger partial charge is 0.338 e. The van der Waals surface area contributed by atoms with Crippen molar-refractivity contribution < 1.29 is 9.59 Å². The van der Waals surface area contributed by atoms with Crippen molar-refractivity contribution in [3.63, 3.8) is 0 Å². The zero-order chi connectivity index (χ0) is 25.2. The van der Waals surface area contributed by atoms with Gasteiger partial charge in [-0.2, -0.15) is 0 Å². The molecule has 2 aromatic carbocycles. The zero-order valence-electron chi connectivity index (χ0n) is 21.4. The zero-order valence-corrected chi connectivity index (χ0v) is 22.3. The van der Waals surface area contributed by atoms with E-state index in [1.807, 2.05) is 52.3 Å². The van der Waals surface area contributed by atoms with Gasteiger partial charge in [0.05, 0.1) is 12.6 Å². The highest BCUT2D eigenvalue weighted by Crippen LogP contribution is 2.37. The maximum atomic E-state index is 13.5. The van der Waals surface area contributed by atoms with Crippen molar-refractivity contribution in [2.75, 3.05) is 32.7 Å². The van der Waals surface area contributed by atoms with E-state index in [1.165, 1.54) is 27.1 Å². The van der Waals surface area contributed by atoms with Gasteiger partial charge in [-0.1, -0.05) is 48.9 Å². The first-order chi connectivity index (χ1) is 17.4. The standard InChI is InChI=1S/C30H35N3O2S/c1-4-23-7-11-25(12-8-23)30(35)33-17-16-31(19-22(33)3)28(34)20-32-15-13-27-26(14-18-36-27)29(32)24-9-5-21(2)6-10-24/h5-12,14,18,22,29H,4,13,15-17,19-20H2,1-3H3/t22-,29+/m1/s1. The first-order valence-electron chi connectivity index (χ1n) is 13.0. The summed E-state index contributed by atoms with van der Waals surface area (Å²) in [7, 11) is 0. The van der Waals surface area contributed by atoms with Crippen LogP contribution in [0.3, 0.4) is 0 Å². The molecule has 3 heterocycles. The fourth-order valence-electron chi connectivity index (χ4n) is 5.49. The van der Waals surface area contributed by atoms with Crippen LogP contribution in [0.1, 0.15) is 57.4 Å². The van der Waals surface area contributed by atoms with Crippen LogP contribution in [0.15, 0.2) is 60.0 Å². The van der Waals surface area contributed by atoms with E-state index >= 15 is 0 Å². The summed E-state index contributed by atoms with van der Waals surface area (Å²) in [5.74, 6) is 0.203. The van der Waals surface area contributed by atoms with E-state index < -0.39 is 0 Å². The van der Waals surface area contributed by atoms with Gasteiger partial charge in [-0.15, -0.1) is 11.3 Å². The molecule has 0 radical (unpaired) electrons. The number of piperazine rings is 1. The Bertz CT molecular complexity index is 1220. The van der Waals surface area contributed by atoms with Gasteiger partial charge in [-0.05, 0) is 67.0 Å². The summed E-state index contributed by atoms with van der Waals surface area (Å²) in [5, 5.41) is 2.17. The van der Waals surface area contributed by atoms with E-state index in [9.17, 15) is 9.59 Å². The van der Waals surface area contributed by atoms with Crippen LogP contribution in [0.5, 0.6) is 0 Å². The molecule has 6 heteroatoms. The summed E-state index contributed by atoms with van der Waals surface area (Å²) in [6, 6.07) is 18.9. The van der Waals surface area contributed by atoms with Crippen LogP contribution in [-0.2, 0) is 17.6 Å². The number of amides is 2. The number of rotatable bonds is 5. The second-order valence-electron chi connectivity index (χ2n) is 10.1. The monoisotopic (exact) mass is 501 g/mol. The fourth-order valence-corrected chi connectivity index (χ4v) is 6.39. The maximum Gasteiger partial charge on any atom is 0.254 e. The quantitative estimate of drug-likeness (QED) is 0.498. The maximum absolute atomic E-state index is 13.5. The molecule has 2 atom stereocenters. The van der Waals surface area contributed by atoms with Gasteiger partial charge in [-0.3, -0.25) is 14.5 Å². The summed E-state index contributed by atoms with van der Waals surface area (Å²) in [5.41, 5.74) is 5.77. The molecule has 1 fully saturated rings. The van der Waals surface area contributed by atoms with Crippen LogP contribution < -0.4 is 0 Å². The van der Waals surface area contributed by atoms with Gasteiger partial charge >= 0.3 is 0 Å². The predicted octanol–water partition coefficient (Wildman–Crippen LogP) is 4.94. The summed E-state index contributed by atoms with van der Waals surface area (Å²) in [6.45, 7) is 9.25. The minimum Gasteiger partial charge on any atom is -0.338 e.